The van der Waals surface area contributed by atoms with E-state index in [1.165, 1.54) is 16.7 Å². The molecule has 13 nitrogen and oxygen atoms in total. The van der Waals surface area contributed by atoms with Crippen molar-refractivity contribution in [1.82, 2.24) is 29.7 Å². The monoisotopic (exact) mass is 822 g/mol. The summed E-state index contributed by atoms with van der Waals surface area (Å²) in [5.41, 5.74) is 1.35. The zero-order chi connectivity index (χ0) is 41.8. The number of pyridine rings is 1. The zero-order valence-corrected chi connectivity index (χ0v) is 33.6. The highest BCUT2D eigenvalue weighted by Gasteiger charge is 2.38. The summed E-state index contributed by atoms with van der Waals surface area (Å²) in [7, 11) is 0. The molecule has 3 aliphatic heterocycles. The molecule has 8 rings (SSSR count). The summed E-state index contributed by atoms with van der Waals surface area (Å²) < 4.78 is 31.8. The largest absolute Gasteiger partial charge is 0.390 e. The first-order chi connectivity index (χ1) is 29.0. The highest BCUT2D eigenvalue weighted by Crippen LogP contribution is 2.35. The van der Waals surface area contributed by atoms with Crippen LogP contribution in [0, 0.1) is 17.6 Å². The molecule has 3 unspecified atom stereocenters. The fourth-order valence-corrected chi connectivity index (χ4v) is 9.28. The normalized spacial score (nSPS) is 22.6. The van der Waals surface area contributed by atoms with Gasteiger partial charge in [0, 0.05) is 67.2 Å². The van der Waals surface area contributed by atoms with E-state index in [0.29, 0.717) is 67.7 Å². The molecule has 316 valence electrons. The molecule has 1 saturated carbocycles. The molecule has 1 aliphatic carbocycles. The van der Waals surface area contributed by atoms with Gasteiger partial charge in [0.25, 0.3) is 5.56 Å². The van der Waals surface area contributed by atoms with Gasteiger partial charge < -0.3 is 25.5 Å². The van der Waals surface area contributed by atoms with Crippen molar-refractivity contribution in [2.24, 2.45) is 5.92 Å². The van der Waals surface area contributed by atoms with E-state index in [4.69, 9.17) is 0 Å². The van der Waals surface area contributed by atoms with Crippen LogP contribution in [0.15, 0.2) is 77.9 Å². The van der Waals surface area contributed by atoms with E-state index in [-0.39, 0.29) is 59.1 Å². The summed E-state index contributed by atoms with van der Waals surface area (Å²) in [5, 5.41) is 20.3. The molecule has 3 saturated heterocycles. The van der Waals surface area contributed by atoms with Crippen LogP contribution in [0.1, 0.15) is 82.1 Å². The molecule has 0 radical (unpaired) electrons. The molecule has 4 aromatic rings. The number of aliphatic hydroxyl groups is 1. The van der Waals surface area contributed by atoms with Crippen LogP contribution in [-0.2, 0) is 14.4 Å². The van der Waals surface area contributed by atoms with Gasteiger partial charge in [0.2, 0.25) is 23.7 Å². The van der Waals surface area contributed by atoms with Crippen LogP contribution >= 0.6 is 0 Å². The van der Waals surface area contributed by atoms with Crippen LogP contribution in [0.2, 0.25) is 0 Å². The van der Waals surface area contributed by atoms with Crippen molar-refractivity contribution in [3.63, 3.8) is 0 Å². The molecule has 3 amide bonds. The predicted molar refractivity (Wildman–Crippen MR) is 222 cm³/mol. The summed E-state index contributed by atoms with van der Waals surface area (Å²) in [6.45, 7) is 3.32. The fraction of sp³-hybridized carbons (Fsp3) is 0.467. The molecular formula is C45H52F2N8O5. The second-order valence-corrected chi connectivity index (χ2v) is 16.9. The number of piperidine rings is 3. The molecule has 0 spiro atoms. The first-order valence-electron chi connectivity index (χ1n) is 21.2. The lowest BCUT2D eigenvalue weighted by Crippen LogP contribution is -2.50. The third kappa shape index (κ3) is 9.57. The average Bonchev–Trinajstić information content (AvgIpc) is 3.25. The molecule has 2 aromatic heterocycles. The van der Waals surface area contributed by atoms with E-state index < -0.39 is 23.4 Å². The minimum Gasteiger partial charge on any atom is -0.390 e. The summed E-state index contributed by atoms with van der Waals surface area (Å²) in [5.74, 6) is -1.28. The van der Waals surface area contributed by atoms with Gasteiger partial charge >= 0.3 is 0 Å². The standard InChI is InChI=1S/C45H52F2N8O5/c46-36-27-33(49-38-12-13-39(56)51-42(38)58)10-11-35(36)29-14-20-53(21-15-29)22-16-45(60)17-23-54(24-18-45)43(59)31-6-3-7-32(25-31)50-44-48-28-37(47)41(52-44)30-5-4-8-34(26-30)55-19-2-1-9-40(55)57/h1-2,4-5,8-11,19,26-29,31-32,38,49,60H,3,6-7,12-18,20-25H2,(H,48,50,52)(H,51,56,58). The van der Waals surface area contributed by atoms with Gasteiger partial charge in [-0.3, -0.25) is 29.1 Å². The Hall–Kier alpha value is -5.54. The van der Waals surface area contributed by atoms with Gasteiger partial charge in [-0.1, -0.05) is 30.7 Å². The molecule has 0 bridgehead atoms. The van der Waals surface area contributed by atoms with Crippen LogP contribution in [0.25, 0.3) is 16.9 Å². The van der Waals surface area contributed by atoms with Crippen molar-refractivity contribution < 1.29 is 28.3 Å². The zero-order valence-electron chi connectivity index (χ0n) is 33.6. The molecule has 3 atom stereocenters. The van der Waals surface area contributed by atoms with Crippen LogP contribution in [0.4, 0.5) is 20.4 Å². The van der Waals surface area contributed by atoms with Gasteiger partial charge in [-0.15, -0.1) is 0 Å². The van der Waals surface area contributed by atoms with E-state index in [9.17, 15) is 24.3 Å². The van der Waals surface area contributed by atoms with Crippen molar-refractivity contribution in [1.29, 1.82) is 0 Å². The fourth-order valence-electron chi connectivity index (χ4n) is 9.28. The SMILES string of the molecule is O=C1CCC(Nc2ccc(C3CCN(CCC4(O)CCN(C(=O)C5CCCC(Nc6ncc(F)c(-c7cccc(-n8ccccc8=O)c7)n6)C5)CC4)CC3)c(F)c2)C(=O)N1. The number of hydrogen-bond acceptors (Lipinski definition) is 10. The Morgan fingerprint density at radius 2 is 1.72 bits per heavy atom. The summed E-state index contributed by atoms with van der Waals surface area (Å²) >= 11 is 0. The van der Waals surface area contributed by atoms with E-state index in [0.717, 1.165) is 57.9 Å². The number of amides is 3. The number of anilines is 2. The van der Waals surface area contributed by atoms with Crippen molar-refractivity contribution >= 4 is 29.4 Å². The summed E-state index contributed by atoms with van der Waals surface area (Å²) in [4.78, 5) is 62.7. The Kier molecular flexibility index (Phi) is 12.3. The lowest BCUT2D eigenvalue weighted by Gasteiger charge is -2.42. The second kappa shape index (κ2) is 18.0. The summed E-state index contributed by atoms with van der Waals surface area (Å²) in [6.07, 6.45) is 9.72. The maximum absolute atomic E-state index is 15.2. The highest BCUT2D eigenvalue weighted by atomic mass is 19.1. The van der Waals surface area contributed by atoms with Gasteiger partial charge in [0.1, 0.15) is 17.6 Å². The Morgan fingerprint density at radius 1 is 0.900 bits per heavy atom. The Balaban J connectivity index is 0.785. The predicted octanol–water partition coefficient (Wildman–Crippen LogP) is 5.38. The topological polar surface area (TPSA) is 162 Å². The number of benzene rings is 2. The van der Waals surface area contributed by atoms with Gasteiger partial charge in [-0.05, 0) is 113 Å². The first kappa shape index (κ1) is 41.2. The minimum absolute atomic E-state index is 0.0658. The van der Waals surface area contributed by atoms with Gasteiger partial charge in [0.15, 0.2) is 5.82 Å². The maximum Gasteiger partial charge on any atom is 0.255 e. The lowest BCUT2D eigenvalue weighted by molar-refractivity contribution is -0.141. The van der Waals surface area contributed by atoms with Crippen LogP contribution < -0.4 is 21.5 Å². The smallest absolute Gasteiger partial charge is 0.255 e. The maximum atomic E-state index is 15.2. The molecule has 2 aromatic carbocycles. The number of nitrogens with zero attached hydrogens (tertiary/aromatic N) is 5. The summed E-state index contributed by atoms with van der Waals surface area (Å²) in [6, 6.07) is 16.3. The number of aromatic nitrogens is 3. The second-order valence-electron chi connectivity index (χ2n) is 16.9. The molecule has 5 heterocycles. The molecule has 15 heteroatoms. The van der Waals surface area contributed by atoms with Crippen LogP contribution in [0.5, 0.6) is 0 Å². The highest BCUT2D eigenvalue weighted by molar-refractivity contribution is 6.01. The average molecular weight is 823 g/mol. The molecule has 4 aliphatic rings. The van der Waals surface area contributed by atoms with Gasteiger partial charge in [0.05, 0.1) is 11.8 Å². The molecule has 4 N–H and O–H groups in total. The minimum atomic E-state index is -0.851. The number of likely N-dealkylation sites (tertiary alicyclic amines) is 2. The third-order valence-corrected chi connectivity index (χ3v) is 12.8. The number of carbonyl (C=O) groups excluding carboxylic acids is 3. The molecule has 60 heavy (non-hydrogen) atoms. The van der Waals surface area contributed by atoms with E-state index >= 15 is 8.78 Å². The third-order valence-electron chi connectivity index (χ3n) is 12.8. The number of carbonyl (C=O) groups is 3. The Morgan fingerprint density at radius 3 is 2.48 bits per heavy atom. The van der Waals surface area contributed by atoms with Crippen molar-refractivity contribution in [3.05, 3.63) is 101 Å². The number of rotatable bonds is 11. The van der Waals surface area contributed by atoms with E-state index in [1.807, 2.05) is 4.90 Å². The van der Waals surface area contributed by atoms with Gasteiger partial charge in [-0.2, -0.15) is 0 Å². The van der Waals surface area contributed by atoms with Crippen molar-refractivity contribution in [2.75, 3.05) is 43.4 Å². The number of hydrogen-bond donors (Lipinski definition) is 4. The molecule has 4 fully saturated rings. The number of nitrogens with one attached hydrogen (secondary N) is 3. The van der Waals surface area contributed by atoms with Crippen LogP contribution in [-0.4, -0.2) is 97.6 Å². The lowest BCUT2D eigenvalue weighted by atomic mass is 9.83. The first-order valence-corrected chi connectivity index (χ1v) is 21.2. The van der Waals surface area contributed by atoms with E-state index in [2.05, 4.69) is 30.8 Å². The Bertz CT molecular complexity index is 2270. The molecular weight excluding hydrogens is 771 g/mol. The number of imide groups is 1. The van der Waals surface area contributed by atoms with Gasteiger partial charge in [-0.25, -0.2) is 18.7 Å². The van der Waals surface area contributed by atoms with E-state index in [1.54, 1.807) is 54.7 Å². The number of halogens is 2. The van der Waals surface area contributed by atoms with Crippen molar-refractivity contribution in [2.45, 2.75) is 94.2 Å². The quantitative estimate of drug-likeness (QED) is 0.145. The van der Waals surface area contributed by atoms with Crippen LogP contribution in [0.3, 0.4) is 0 Å². The Labute approximate surface area is 347 Å². The van der Waals surface area contributed by atoms with Crippen molar-refractivity contribution in [3.8, 4) is 16.9 Å².